The molecule has 0 spiro atoms. The first kappa shape index (κ1) is 23.3. The number of aromatic nitrogens is 3. The molecule has 0 unspecified atom stereocenters. The van der Waals surface area contributed by atoms with E-state index in [4.69, 9.17) is 0 Å². The van der Waals surface area contributed by atoms with E-state index in [0.717, 1.165) is 38.1 Å². The average molecular weight is 471 g/mol. The predicted molar refractivity (Wildman–Crippen MR) is 112 cm³/mol. The number of benzene rings is 1. The molecule has 1 aliphatic heterocycles. The van der Waals surface area contributed by atoms with Crippen LogP contribution >= 0.6 is 0 Å². The summed E-state index contributed by atoms with van der Waals surface area (Å²) in [4.78, 5) is 2.25. The normalized spacial score (nSPS) is 18.1. The van der Waals surface area contributed by atoms with E-state index in [1.165, 1.54) is 0 Å². The van der Waals surface area contributed by atoms with E-state index in [1.54, 1.807) is 22.7 Å². The third kappa shape index (κ3) is 5.40. The summed E-state index contributed by atoms with van der Waals surface area (Å²) in [5.74, 6) is 0.848. The smallest absolute Gasteiger partial charge is 0.354 e. The number of fused-ring (bicyclic) bond motifs is 1. The van der Waals surface area contributed by atoms with Crippen LogP contribution in [0.25, 0.3) is 16.8 Å². The van der Waals surface area contributed by atoms with Gasteiger partial charge in [-0.1, -0.05) is 6.07 Å². The molecule has 1 N–H and O–H groups in total. The summed E-state index contributed by atoms with van der Waals surface area (Å²) >= 11 is 0. The van der Waals surface area contributed by atoms with Crippen LogP contribution in [0.1, 0.15) is 24.0 Å². The monoisotopic (exact) mass is 471 g/mol. The SMILES string of the molecule is CN1CCC[C@@H](CNc2nnc(-c3ccc(C(F)(F)F)cc3CC(F)(F)F)c3cccn23)C1. The number of likely N-dealkylation sites (tertiary alicyclic amines) is 1. The molecule has 0 saturated carbocycles. The van der Waals surface area contributed by atoms with E-state index in [2.05, 4.69) is 27.5 Å². The molecule has 11 heteroatoms. The molecule has 0 amide bonds. The van der Waals surface area contributed by atoms with Crippen molar-refractivity contribution in [3.05, 3.63) is 47.7 Å². The second-order valence-corrected chi connectivity index (χ2v) is 8.45. The maximum absolute atomic E-state index is 13.2. The number of alkyl halides is 6. The Labute approximate surface area is 186 Å². The molecule has 1 aromatic carbocycles. The molecule has 1 aliphatic rings. The average Bonchev–Trinajstić information content (AvgIpc) is 3.21. The Morgan fingerprint density at radius 1 is 1.09 bits per heavy atom. The van der Waals surface area contributed by atoms with Crippen molar-refractivity contribution < 1.29 is 26.3 Å². The van der Waals surface area contributed by atoms with Gasteiger partial charge in [-0.15, -0.1) is 10.2 Å². The highest BCUT2D eigenvalue weighted by molar-refractivity contribution is 5.80. The minimum absolute atomic E-state index is 0.0306. The minimum Gasteiger partial charge on any atom is -0.354 e. The number of halogens is 6. The van der Waals surface area contributed by atoms with Gasteiger partial charge in [0, 0.05) is 24.8 Å². The quantitative estimate of drug-likeness (QED) is 0.515. The highest BCUT2D eigenvalue weighted by atomic mass is 19.4. The number of anilines is 1. The molecular formula is C22H23F6N5. The van der Waals surface area contributed by atoms with Crippen LogP contribution < -0.4 is 5.32 Å². The van der Waals surface area contributed by atoms with Crippen LogP contribution in [-0.2, 0) is 12.6 Å². The van der Waals surface area contributed by atoms with Crippen molar-refractivity contribution in [2.75, 3.05) is 32.0 Å². The van der Waals surface area contributed by atoms with Gasteiger partial charge >= 0.3 is 12.4 Å². The maximum atomic E-state index is 13.2. The molecule has 0 aliphatic carbocycles. The fourth-order valence-electron chi connectivity index (χ4n) is 4.31. The standard InChI is InChI=1S/C22H23F6N5/c1-32-8-2-4-14(13-32)12-29-20-31-30-19(18-5-3-9-33(18)20)17-7-6-16(22(26,27)28)10-15(17)11-21(23,24)25/h3,5-7,9-10,14H,2,4,8,11-13H2,1H3,(H,29,31)/t14-/m0/s1. The lowest BCUT2D eigenvalue weighted by molar-refractivity contribution is -0.138. The van der Waals surface area contributed by atoms with E-state index in [9.17, 15) is 26.3 Å². The first-order valence-corrected chi connectivity index (χ1v) is 10.5. The predicted octanol–water partition coefficient (Wildman–Crippen LogP) is 5.27. The number of nitrogens with one attached hydrogen (secondary N) is 1. The molecule has 33 heavy (non-hydrogen) atoms. The molecule has 1 saturated heterocycles. The van der Waals surface area contributed by atoms with Crippen LogP contribution in [0.3, 0.4) is 0 Å². The van der Waals surface area contributed by atoms with Crippen LogP contribution in [0.4, 0.5) is 32.3 Å². The second-order valence-electron chi connectivity index (χ2n) is 8.45. The van der Waals surface area contributed by atoms with Gasteiger partial charge in [0.25, 0.3) is 0 Å². The maximum Gasteiger partial charge on any atom is 0.416 e. The van der Waals surface area contributed by atoms with Gasteiger partial charge in [-0.2, -0.15) is 26.3 Å². The van der Waals surface area contributed by atoms with E-state index >= 15 is 0 Å². The van der Waals surface area contributed by atoms with Gasteiger partial charge in [-0.25, -0.2) is 0 Å². The van der Waals surface area contributed by atoms with E-state index in [-0.39, 0.29) is 11.3 Å². The van der Waals surface area contributed by atoms with Crippen molar-refractivity contribution in [1.29, 1.82) is 0 Å². The zero-order chi connectivity index (χ0) is 23.8. The first-order chi connectivity index (χ1) is 15.5. The Morgan fingerprint density at radius 2 is 1.88 bits per heavy atom. The molecular weight excluding hydrogens is 448 g/mol. The third-order valence-electron chi connectivity index (χ3n) is 5.81. The molecule has 3 aromatic rings. The topological polar surface area (TPSA) is 45.5 Å². The van der Waals surface area contributed by atoms with Gasteiger partial charge in [0.2, 0.25) is 5.95 Å². The van der Waals surface area contributed by atoms with Crippen LogP contribution in [0, 0.1) is 5.92 Å². The molecule has 1 fully saturated rings. The molecule has 3 heterocycles. The van der Waals surface area contributed by atoms with Crippen molar-refractivity contribution in [2.45, 2.75) is 31.6 Å². The Kier molecular flexibility index (Phi) is 6.26. The van der Waals surface area contributed by atoms with Crippen molar-refractivity contribution in [1.82, 2.24) is 19.5 Å². The van der Waals surface area contributed by atoms with Crippen LogP contribution in [0.5, 0.6) is 0 Å². The highest BCUT2D eigenvalue weighted by Gasteiger charge is 2.34. The summed E-state index contributed by atoms with van der Waals surface area (Å²) < 4.78 is 80.5. The summed E-state index contributed by atoms with van der Waals surface area (Å²) in [5.41, 5.74) is -1.12. The zero-order valence-corrected chi connectivity index (χ0v) is 17.8. The van der Waals surface area contributed by atoms with E-state index < -0.39 is 29.9 Å². The first-order valence-electron chi connectivity index (χ1n) is 10.5. The molecule has 2 aromatic heterocycles. The lowest BCUT2D eigenvalue weighted by atomic mass is 9.98. The minimum atomic E-state index is -4.75. The summed E-state index contributed by atoms with van der Waals surface area (Å²) in [7, 11) is 2.06. The van der Waals surface area contributed by atoms with Crippen molar-refractivity contribution >= 4 is 11.5 Å². The Balaban J connectivity index is 1.69. The fraction of sp³-hybridized carbons (Fsp3) is 0.455. The van der Waals surface area contributed by atoms with Crippen LogP contribution in [0.15, 0.2) is 36.5 Å². The number of hydrogen-bond acceptors (Lipinski definition) is 4. The van der Waals surface area contributed by atoms with E-state index in [0.29, 0.717) is 30.0 Å². The number of hydrogen-bond donors (Lipinski definition) is 1. The van der Waals surface area contributed by atoms with Crippen molar-refractivity contribution in [2.24, 2.45) is 5.92 Å². The molecule has 0 radical (unpaired) electrons. The third-order valence-corrected chi connectivity index (χ3v) is 5.81. The van der Waals surface area contributed by atoms with E-state index in [1.807, 2.05) is 0 Å². The molecule has 178 valence electrons. The van der Waals surface area contributed by atoms with Gasteiger partial charge in [-0.05, 0) is 62.2 Å². The number of rotatable bonds is 5. The van der Waals surface area contributed by atoms with Crippen molar-refractivity contribution in [3.63, 3.8) is 0 Å². The summed E-state index contributed by atoms with van der Waals surface area (Å²) in [6.07, 6.45) is -7.08. The fourth-order valence-corrected chi connectivity index (χ4v) is 4.31. The Bertz CT molecular complexity index is 1120. The van der Waals surface area contributed by atoms with Gasteiger partial charge in [-0.3, -0.25) is 4.40 Å². The Morgan fingerprint density at radius 3 is 2.58 bits per heavy atom. The zero-order valence-electron chi connectivity index (χ0n) is 17.8. The Hall–Kier alpha value is -2.82. The lowest BCUT2D eigenvalue weighted by Crippen LogP contribution is -2.35. The largest absolute Gasteiger partial charge is 0.416 e. The molecule has 4 rings (SSSR count). The van der Waals surface area contributed by atoms with Gasteiger partial charge in [0.15, 0.2) is 0 Å². The summed E-state index contributed by atoms with van der Waals surface area (Å²) in [6, 6.07) is 5.68. The second kappa shape index (κ2) is 8.85. The van der Waals surface area contributed by atoms with Gasteiger partial charge in [0.1, 0.15) is 5.69 Å². The molecule has 1 atom stereocenters. The van der Waals surface area contributed by atoms with Crippen LogP contribution in [0.2, 0.25) is 0 Å². The summed E-state index contributed by atoms with van der Waals surface area (Å²) in [5, 5.41) is 11.5. The van der Waals surface area contributed by atoms with Gasteiger partial charge < -0.3 is 10.2 Å². The van der Waals surface area contributed by atoms with Gasteiger partial charge in [0.05, 0.1) is 17.5 Å². The highest BCUT2D eigenvalue weighted by Crippen LogP contribution is 2.36. The summed E-state index contributed by atoms with van der Waals surface area (Å²) in [6.45, 7) is 2.66. The van der Waals surface area contributed by atoms with Crippen molar-refractivity contribution in [3.8, 4) is 11.3 Å². The number of piperidine rings is 1. The molecule has 0 bridgehead atoms. The van der Waals surface area contributed by atoms with Crippen LogP contribution in [-0.4, -0.2) is 52.4 Å². The molecule has 5 nitrogen and oxygen atoms in total. The number of nitrogens with zero attached hydrogens (tertiary/aromatic N) is 4. The lowest BCUT2D eigenvalue weighted by Gasteiger charge is -2.29.